The van der Waals surface area contributed by atoms with Crippen molar-refractivity contribution in [3.8, 4) is 0 Å². The number of aryl methyl sites for hydroxylation is 1. The van der Waals surface area contributed by atoms with Crippen LogP contribution in [0, 0.1) is 6.92 Å². The van der Waals surface area contributed by atoms with E-state index in [-0.39, 0.29) is 17.4 Å². The minimum atomic E-state index is -3.59. The van der Waals surface area contributed by atoms with Gasteiger partial charge in [-0.05, 0) is 43.7 Å². The van der Waals surface area contributed by atoms with Gasteiger partial charge in [0.2, 0.25) is 0 Å². The molecular weight excluding hydrogens is 358 g/mol. The van der Waals surface area contributed by atoms with Gasteiger partial charge in [0.25, 0.3) is 0 Å². The molecule has 1 saturated carbocycles. The van der Waals surface area contributed by atoms with Crippen molar-refractivity contribution < 1.29 is 13.2 Å². The maximum absolute atomic E-state index is 13.2. The second-order valence-electron chi connectivity index (χ2n) is 6.56. The molecule has 2 aromatic rings. The average Bonchev–Trinajstić information content (AvgIpc) is 3.21. The molecule has 1 aliphatic rings. The van der Waals surface area contributed by atoms with E-state index in [1.165, 1.54) is 12.1 Å². The van der Waals surface area contributed by atoms with Gasteiger partial charge in [0.1, 0.15) is 0 Å². The van der Waals surface area contributed by atoms with Gasteiger partial charge in [-0.3, -0.25) is 0 Å². The minimum Gasteiger partial charge on any atom is -0.380 e. The normalized spacial score (nSPS) is 25.8. The van der Waals surface area contributed by atoms with Crippen molar-refractivity contribution in [2.45, 2.75) is 35.4 Å². The topological polar surface area (TPSA) is 69.4 Å². The van der Waals surface area contributed by atoms with Gasteiger partial charge in [-0.15, -0.1) is 0 Å². The van der Waals surface area contributed by atoms with Crippen LogP contribution in [-0.4, -0.2) is 32.4 Å². The van der Waals surface area contributed by atoms with Crippen molar-refractivity contribution in [1.29, 1.82) is 0 Å². The summed E-state index contributed by atoms with van der Waals surface area (Å²) in [6.45, 7) is 4.57. The molecule has 25 heavy (non-hydrogen) atoms. The third-order valence-corrected chi connectivity index (χ3v) is 7.33. The molecule has 134 valence electrons. The van der Waals surface area contributed by atoms with Gasteiger partial charge in [0, 0.05) is 17.5 Å². The molecule has 4 nitrogen and oxygen atoms in total. The van der Waals surface area contributed by atoms with Gasteiger partial charge >= 0.3 is 0 Å². The smallest absolute Gasteiger partial charge is 0.183 e. The van der Waals surface area contributed by atoms with E-state index in [9.17, 15) is 8.42 Å². The van der Waals surface area contributed by atoms with Gasteiger partial charge in [-0.2, -0.15) is 0 Å². The largest absolute Gasteiger partial charge is 0.380 e. The SMILES string of the molecule is CCOC[C@@]1(N)[C@@H](c2ccc(C)cc2)[C@@H]1S(=O)(=O)c1ccc(Cl)cc1. The summed E-state index contributed by atoms with van der Waals surface area (Å²) in [7, 11) is -3.59. The van der Waals surface area contributed by atoms with Crippen LogP contribution >= 0.6 is 11.6 Å². The van der Waals surface area contributed by atoms with Crippen LogP contribution in [0.15, 0.2) is 53.4 Å². The van der Waals surface area contributed by atoms with E-state index < -0.39 is 20.6 Å². The highest BCUT2D eigenvalue weighted by molar-refractivity contribution is 7.92. The van der Waals surface area contributed by atoms with E-state index >= 15 is 0 Å². The predicted molar refractivity (Wildman–Crippen MR) is 99.8 cm³/mol. The Balaban J connectivity index is 1.99. The Hall–Kier alpha value is -1.40. The lowest BCUT2D eigenvalue weighted by Gasteiger charge is -2.12. The van der Waals surface area contributed by atoms with E-state index in [2.05, 4.69) is 0 Å². The Kier molecular flexibility index (Phi) is 4.95. The van der Waals surface area contributed by atoms with E-state index in [1.54, 1.807) is 12.1 Å². The van der Waals surface area contributed by atoms with Crippen molar-refractivity contribution in [3.05, 3.63) is 64.7 Å². The standard InChI is InChI=1S/C19H22ClNO3S/c1-3-24-12-19(21)17(14-6-4-13(2)5-7-14)18(19)25(22,23)16-10-8-15(20)9-11-16/h4-11,17-18H,3,12,21H2,1-2H3/t17-,18-,19+/m0/s1. The van der Waals surface area contributed by atoms with Gasteiger partial charge in [-0.1, -0.05) is 41.4 Å². The minimum absolute atomic E-state index is 0.208. The Morgan fingerprint density at radius 3 is 2.28 bits per heavy atom. The molecular formula is C19H22ClNO3S. The quantitative estimate of drug-likeness (QED) is 0.835. The molecule has 0 radical (unpaired) electrons. The zero-order valence-electron chi connectivity index (χ0n) is 14.3. The molecule has 0 unspecified atom stereocenters. The number of rotatable bonds is 6. The van der Waals surface area contributed by atoms with Crippen LogP contribution in [0.1, 0.15) is 24.0 Å². The summed E-state index contributed by atoms with van der Waals surface area (Å²) in [6.07, 6.45) is 0. The first-order chi connectivity index (χ1) is 11.8. The first-order valence-corrected chi connectivity index (χ1v) is 10.2. The lowest BCUT2D eigenvalue weighted by Crippen LogP contribution is -2.36. The summed E-state index contributed by atoms with van der Waals surface area (Å²) in [5.74, 6) is -0.291. The van der Waals surface area contributed by atoms with Crippen molar-refractivity contribution in [2.24, 2.45) is 5.73 Å². The molecule has 3 atom stereocenters. The van der Waals surface area contributed by atoms with Crippen molar-refractivity contribution in [3.63, 3.8) is 0 Å². The Labute approximate surface area is 153 Å². The molecule has 0 spiro atoms. The van der Waals surface area contributed by atoms with Crippen LogP contribution < -0.4 is 5.73 Å². The molecule has 0 saturated heterocycles. The van der Waals surface area contributed by atoms with E-state index in [0.717, 1.165) is 11.1 Å². The fourth-order valence-electron chi connectivity index (χ4n) is 3.37. The van der Waals surface area contributed by atoms with Gasteiger partial charge in [0.05, 0.1) is 22.3 Å². The Morgan fingerprint density at radius 1 is 1.12 bits per heavy atom. The van der Waals surface area contributed by atoms with E-state index in [1.807, 2.05) is 38.1 Å². The fraction of sp³-hybridized carbons (Fsp3) is 0.368. The molecule has 6 heteroatoms. The molecule has 1 aliphatic carbocycles. The van der Waals surface area contributed by atoms with Gasteiger partial charge in [0.15, 0.2) is 9.84 Å². The Morgan fingerprint density at radius 2 is 1.72 bits per heavy atom. The zero-order valence-corrected chi connectivity index (χ0v) is 15.8. The monoisotopic (exact) mass is 379 g/mol. The van der Waals surface area contributed by atoms with E-state index in [4.69, 9.17) is 22.1 Å². The number of nitrogens with two attached hydrogens (primary N) is 1. The number of halogens is 1. The summed E-state index contributed by atoms with van der Waals surface area (Å²) >= 11 is 5.88. The van der Waals surface area contributed by atoms with Crippen LogP contribution in [0.3, 0.4) is 0 Å². The van der Waals surface area contributed by atoms with Crippen LogP contribution in [0.2, 0.25) is 5.02 Å². The van der Waals surface area contributed by atoms with Crippen LogP contribution in [0.5, 0.6) is 0 Å². The summed E-state index contributed by atoms with van der Waals surface area (Å²) < 4.78 is 31.8. The molecule has 2 N–H and O–H groups in total. The second kappa shape index (κ2) is 6.72. The molecule has 0 heterocycles. The molecule has 0 aromatic heterocycles. The highest BCUT2D eigenvalue weighted by Crippen LogP contribution is 2.55. The lowest BCUT2D eigenvalue weighted by atomic mass is 10.1. The van der Waals surface area contributed by atoms with Crippen molar-refractivity contribution >= 4 is 21.4 Å². The summed E-state index contributed by atoms with van der Waals surface area (Å²) in [5.41, 5.74) is 7.63. The third-order valence-electron chi connectivity index (χ3n) is 4.77. The fourth-order valence-corrected chi connectivity index (χ4v) is 5.79. The molecule has 3 rings (SSSR count). The van der Waals surface area contributed by atoms with Crippen molar-refractivity contribution in [1.82, 2.24) is 0 Å². The predicted octanol–water partition coefficient (Wildman–Crippen LogP) is 3.32. The number of sulfone groups is 1. The number of hydrogen-bond acceptors (Lipinski definition) is 4. The highest BCUT2D eigenvalue weighted by Gasteiger charge is 2.69. The number of hydrogen-bond donors (Lipinski definition) is 1. The van der Waals surface area contributed by atoms with Gasteiger partial charge in [-0.25, -0.2) is 8.42 Å². The summed E-state index contributed by atoms with van der Waals surface area (Å²) in [6, 6.07) is 14.1. The maximum atomic E-state index is 13.2. The summed E-state index contributed by atoms with van der Waals surface area (Å²) in [5, 5.41) is -0.214. The van der Waals surface area contributed by atoms with Crippen LogP contribution in [0.4, 0.5) is 0 Å². The molecule has 0 bridgehead atoms. The second-order valence-corrected chi connectivity index (χ2v) is 9.06. The number of ether oxygens (including phenoxy) is 1. The highest BCUT2D eigenvalue weighted by atomic mass is 35.5. The van der Waals surface area contributed by atoms with Crippen LogP contribution in [0.25, 0.3) is 0 Å². The lowest BCUT2D eigenvalue weighted by molar-refractivity contribution is 0.125. The van der Waals surface area contributed by atoms with E-state index in [0.29, 0.717) is 11.6 Å². The molecule has 2 aromatic carbocycles. The molecule has 1 fully saturated rings. The van der Waals surface area contributed by atoms with Crippen LogP contribution in [-0.2, 0) is 14.6 Å². The average molecular weight is 380 g/mol. The van der Waals surface area contributed by atoms with Crippen molar-refractivity contribution in [2.75, 3.05) is 13.2 Å². The van der Waals surface area contributed by atoms with Gasteiger partial charge < -0.3 is 10.5 Å². The number of benzene rings is 2. The summed E-state index contributed by atoms with van der Waals surface area (Å²) in [4.78, 5) is 0.239. The first-order valence-electron chi connectivity index (χ1n) is 8.23. The zero-order chi connectivity index (χ0) is 18.2. The Bertz CT molecular complexity index is 849. The molecule has 0 aliphatic heterocycles. The maximum Gasteiger partial charge on any atom is 0.183 e. The molecule has 0 amide bonds. The third kappa shape index (κ3) is 3.34. The first kappa shape index (κ1) is 18.4.